The first-order valence-electron chi connectivity index (χ1n) is 12.3. The smallest absolute Gasteiger partial charge is 0.416 e. The van der Waals surface area contributed by atoms with E-state index in [9.17, 15) is 33.3 Å². The van der Waals surface area contributed by atoms with Crippen LogP contribution in [0.5, 0.6) is 5.75 Å². The summed E-state index contributed by atoms with van der Waals surface area (Å²) in [7, 11) is 0. The number of hydrogen-bond donors (Lipinski definition) is 3. The van der Waals surface area contributed by atoms with Gasteiger partial charge < -0.3 is 29.5 Å². The highest BCUT2D eigenvalue weighted by molar-refractivity contribution is 5.69. The van der Waals surface area contributed by atoms with Gasteiger partial charge in [-0.15, -0.1) is 0 Å². The number of ether oxygens (including phenoxy) is 3. The second kappa shape index (κ2) is 12.4. The number of aliphatic hydroxyl groups is 3. The number of halogens is 3. The van der Waals surface area contributed by atoms with Crippen LogP contribution in [0.1, 0.15) is 51.5 Å². The molecule has 0 bridgehead atoms. The zero-order valence-electron chi connectivity index (χ0n) is 20.4. The lowest BCUT2D eigenvalue weighted by atomic mass is 9.86. The van der Waals surface area contributed by atoms with E-state index in [4.69, 9.17) is 14.2 Å². The first kappa shape index (κ1) is 28.4. The van der Waals surface area contributed by atoms with Crippen LogP contribution in [0.4, 0.5) is 13.2 Å². The SMILES string of the molecule is CC(C)OC(=O)CCC/C=C\C[C@@H]1[C@@H]([C@H]2O[C@@H]2[C@@H](O)COc2cccc(C(F)(F)F)c2)[C@H](O)C[C@@H]1O. The van der Waals surface area contributed by atoms with Gasteiger partial charge in [0.1, 0.15) is 24.6 Å². The molecule has 0 aromatic heterocycles. The fraction of sp³-hybridized carbons (Fsp3) is 0.654. The van der Waals surface area contributed by atoms with Gasteiger partial charge in [0.15, 0.2) is 0 Å². The van der Waals surface area contributed by atoms with Crippen LogP contribution in [0, 0.1) is 11.8 Å². The molecule has 0 unspecified atom stereocenters. The molecule has 0 radical (unpaired) electrons. The Hall–Kier alpha value is -2.14. The van der Waals surface area contributed by atoms with Gasteiger partial charge in [0, 0.05) is 12.3 Å². The number of hydrogen-bond acceptors (Lipinski definition) is 7. The van der Waals surface area contributed by atoms with E-state index in [1.165, 1.54) is 12.1 Å². The summed E-state index contributed by atoms with van der Waals surface area (Å²) in [5, 5.41) is 31.4. The zero-order valence-corrected chi connectivity index (χ0v) is 20.4. The number of epoxide rings is 1. The maximum atomic E-state index is 12.9. The van der Waals surface area contributed by atoms with Crippen molar-refractivity contribution in [1.29, 1.82) is 0 Å². The standard InChI is InChI=1S/C26H35F3O7/c1-15(2)35-22(33)11-6-4-3-5-10-18-19(30)13-20(31)23(18)25-24(36-25)21(32)14-34-17-9-7-8-16(12-17)26(27,28)29/h3,5,7-9,12,15,18-21,23-25,30-32H,4,6,10-11,13-14H2,1-2H3/b5-3-/t18-,19-,20+,21-,23+,24+,25+/m0/s1. The number of alkyl halides is 3. The first-order chi connectivity index (χ1) is 17.0. The summed E-state index contributed by atoms with van der Waals surface area (Å²) in [6.45, 7) is 3.33. The lowest BCUT2D eigenvalue weighted by molar-refractivity contribution is -0.147. The number of benzene rings is 1. The topological polar surface area (TPSA) is 109 Å². The summed E-state index contributed by atoms with van der Waals surface area (Å²) in [5.74, 6) is -0.911. The Bertz CT molecular complexity index is 889. The molecule has 1 aromatic carbocycles. The average molecular weight is 517 g/mol. The molecule has 1 saturated carbocycles. The quantitative estimate of drug-likeness (QED) is 0.168. The monoisotopic (exact) mass is 516 g/mol. The fourth-order valence-corrected chi connectivity index (χ4v) is 4.75. The number of carbonyl (C=O) groups excluding carboxylic acids is 1. The van der Waals surface area contributed by atoms with Gasteiger partial charge in [-0.1, -0.05) is 18.2 Å². The van der Waals surface area contributed by atoms with Gasteiger partial charge >= 0.3 is 12.1 Å². The summed E-state index contributed by atoms with van der Waals surface area (Å²) in [6.07, 6.45) is -2.18. The van der Waals surface area contributed by atoms with Crippen LogP contribution >= 0.6 is 0 Å². The lowest BCUT2D eigenvalue weighted by Gasteiger charge is -2.21. The number of carbonyl (C=O) groups is 1. The van der Waals surface area contributed by atoms with Crippen molar-refractivity contribution in [2.24, 2.45) is 11.8 Å². The molecule has 36 heavy (non-hydrogen) atoms. The Balaban J connectivity index is 1.46. The van der Waals surface area contributed by atoms with Crippen molar-refractivity contribution in [3.63, 3.8) is 0 Å². The Morgan fingerprint density at radius 3 is 2.67 bits per heavy atom. The Morgan fingerprint density at radius 1 is 1.22 bits per heavy atom. The number of rotatable bonds is 12. The predicted molar refractivity (Wildman–Crippen MR) is 124 cm³/mol. The minimum atomic E-state index is -4.49. The van der Waals surface area contributed by atoms with E-state index in [2.05, 4.69) is 0 Å². The van der Waals surface area contributed by atoms with Crippen molar-refractivity contribution < 1.29 is 47.5 Å². The Morgan fingerprint density at radius 2 is 1.97 bits per heavy atom. The van der Waals surface area contributed by atoms with Crippen LogP contribution in [0.2, 0.25) is 0 Å². The molecule has 0 amide bonds. The Kier molecular flexibility index (Phi) is 9.79. The van der Waals surface area contributed by atoms with Gasteiger partial charge in [0.05, 0.1) is 30.0 Å². The third-order valence-corrected chi connectivity index (χ3v) is 6.51. The van der Waals surface area contributed by atoms with Crippen LogP contribution in [-0.2, 0) is 20.4 Å². The highest BCUT2D eigenvalue weighted by atomic mass is 19.4. The van der Waals surface area contributed by atoms with E-state index in [-0.39, 0.29) is 42.7 Å². The molecule has 2 fully saturated rings. The van der Waals surface area contributed by atoms with Gasteiger partial charge in [0.25, 0.3) is 0 Å². The van der Waals surface area contributed by atoms with Crippen LogP contribution in [0.25, 0.3) is 0 Å². The molecular formula is C26H35F3O7. The molecule has 3 rings (SSSR count). The van der Waals surface area contributed by atoms with Crippen molar-refractivity contribution in [2.45, 2.75) is 88.8 Å². The van der Waals surface area contributed by atoms with Crippen LogP contribution in [0.3, 0.4) is 0 Å². The fourth-order valence-electron chi connectivity index (χ4n) is 4.75. The second-order valence-electron chi connectivity index (χ2n) is 9.72. The summed E-state index contributed by atoms with van der Waals surface area (Å²) < 4.78 is 54.7. The predicted octanol–water partition coefficient (Wildman–Crippen LogP) is 3.64. The van der Waals surface area contributed by atoms with Crippen molar-refractivity contribution in [3.8, 4) is 5.75 Å². The third kappa shape index (κ3) is 7.93. The molecule has 1 heterocycles. The summed E-state index contributed by atoms with van der Waals surface area (Å²) in [5.41, 5.74) is -0.843. The van der Waals surface area contributed by atoms with E-state index >= 15 is 0 Å². The molecule has 3 N–H and O–H groups in total. The number of esters is 1. The van der Waals surface area contributed by atoms with Crippen molar-refractivity contribution in [3.05, 3.63) is 42.0 Å². The summed E-state index contributed by atoms with van der Waals surface area (Å²) in [4.78, 5) is 11.6. The largest absolute Gasteiger partial charge is 0.491 e. The number of allylic oxidation sites excluding steroid dienone is 2. The molecule has 10 heteroatoms. The molecule has 7 atom stereocenters. The van der Waals surface area contributed by atoms with Gasteiger partial charge in [-0.05, 0) is 63.6 Å². The van der Waals surface area contributed by atoms with Crippen molar-refractivity contribution in [2.75, 3.05) is 6.61 Å². The minimum absolute atomic E-state index is 0.0159. The lowest BCUT2D eigenvalue weighted by Crippen LogP contribution is -2.32. The molecule has 1 aromatic rings. The number of aliphatic hydroxyl groups excluding tert-OH is 3. The third-order valence-electron chi connectivity index (χ3n) is 6.51. The van der Waals surface area contributed by atoms with Gasteiger partial charge in [-0.25, -0.2) is 0 Å². The Labute approximate surface area is 208 Å². The summed E-state index contributed by atoms with van der Waals surface area (Å²) >= 11 is 0. The van der Waals surface area contributed by atoms with Crippen LogP contribution < -0.4 is 4.74 Å². The maximum Gasteiger partial charge on any atom is 0.416 e. The molecule has 2 aliphatic rings. The molecular weight excluding hydrogens is 481 g/mol. The van der Waals surface area contributed by atoms with Gasteiger partial charge in [-0.3, -0.25) is 4.79 Å². The van der Waals surface area contributed by atoms with Gasteiger partial charge in [0.2, 0.25) is 0 Å². The first-order valence-corrected chi connectivity index (χ1v) is 12.3. The van der Waals surface area contributed by atoms with Crippen molar-refractivity contribution in [1.82, 2.24) is 0 Å². The van der Waals surface area contributed by atoms with E-state index < -0.39 is 42.3 Å². The molecule has 7 nitrogen and oxygen atoms in total. The molecule has 1 aliphatic carbocycles. The van der Waals surface area contributed by atoms with Crippen LogP contribution in [0.15, 0.2) is 36.4 Å². The molecule has 0 spiro atoms. The normalized spacial score (nSPS) is 29.0. The maximum absolute atomic E-state index is 12.9. The highest BCUT2D eigenvalue weighted by Gasteiger charge is 2.57. The van der Waals surface area contributed by atoms with E-state index in [0.29, 0.717) is 25.7 Å². The molecule has 1 aliphatic heterocycles. The average Bonchev–Trinajstić information content (AvgIpc) is 3.52. The summed E-state index contributed by atoms with van der Waals surface area (Å²) in [6, 6.07) is 4.41. The number of unbranched alkanes of at least 4 members (excludes halogenated alkanes) is 1. The van der Waals surface area contributed by atoms with Crippen LogP contribution in [-0.4, -0.2) is 64.5 Å². The highest BCUT2D eigenvalue weighted by Crippen LogP contribution is 2.46. The zero-order chi connectivity index (χ0) is 26.5. The van der Waals surface area contributed by atoms with Crippen molar-refractivity contribution >= 4 is 5.97 Å². The van der Waals surface area contributed by atoms with E-state index in [1.54, 1.807) is 13.8 Å². The van der Waals surface area contributed by atoms with E-state index in [1.807, 2.05) is 12.2 Å². The molecule has 1 saturated heterocycles. The minimum Gasteiger partial charge on any atom is -0.491 e. The van der Waals surface area contributed by atoms with E-state index in [0.717, 1.165) is 12.1 Å². The van der Waals surface area contributed by atoms with Gasteiger partial charge in [-0.2, -0.15) is 13.2 Å². The molecule has 202 valence electrons. The second-order valence-corrected chi connectivity index (χ2v) is 9.72.